The average molecular weight is 608 g/mol. The maximum absolute atomic E-state index is 14.1. The Morgan fingerprint density at radius 2 is 1.44 bits per heavy atom. The molecule has 1 saturated heterocycles. The molecule has 0 bridgehead atoms. The first-order valence-corrected chi connectivity index (χ1v) is 16.7. The van der Waals surface area contributed by atoms with Crippen molar-refractivity contribution < 1.29 is 14.3 Å². The van der Waals surface area contributed by atoms with E-state index in [0.29, 0.717) is 31.2 Å². The Balaban J connectivity index is 0.00000368. The maximum Gasteiger partial charge on any atom is 0.254 e. The van der Waals surface area contributed by atoms with Crippen LogP contribution >= 0.6 is 12.4 Å². The molecule has 43 heavy (non-hydrogen) atoms. The van der Waals surface area contributed by atoms with E-state index in [1.165, 1.54) is 44.1 Å². The fraction of sp³-hybridized carbons (Fsp3) is 0.611. The smallest absolute Gasteiger partial charge is 0.254 e. The Hall–Kier alpha value is -2.57. The summed E-state index contributed by atoms with van der Waals surface area (Å²) in [5.41, 5.74) is 5.31. The van der Waals surface area contributed by atoms with Gasteiger partial charge in [0.25, 0.3) is 5.91 Å². The first kappa shape index (κ1) is 31.8. The normalized spacial score (nSPS) is 22.9. The van der Waals surface area contributed by atoms with Crippen LogP contribution in [0.3, 0.4) is 0 Å². The van der Waals surface area contributed by atoms with Crippen molar-refractivity contribution in [2.45, 2.75) is 109 Å². The largest absolute Gasteiger partial charge is 0.490 e. The number of amides is 1. The monoisotopic (exact) mass is 607 g/mol. The van der Waals surface area contributed by atoms with Crippen LogP contribution in [0.5, 0.6) is 11.5 Å². The molecule has 0 aromatic heterocycles. The minimum absolute atomic E-state index is 0. The number of likely N-dealkylation sites (N-methyl/N-ethyl adjacent to an activating group) is 1. The van der Waals surface area contributed by atoms with Gasteiger partial charge < -0.3 is 19.3 Å². The average Bonchev–Trinajstić information content (AvgIpc) is 3.03. The van der Waals surface area contributed by atoms with Crippen molar-refractivity contribution in [1.29, 1.82) is 0 Å². The van der Waals surface area contributed by atoms with Crippen molar-refractivity contribution in [3.8, 4) is 11.5 Å². The van der Waals surface area contributed by atoms with Crippen LogP contribution in [0.15, 0.2) is 41.4 Å². The number of nitrogens with zero attached hydrogens (tertiary/aromatic N) is 3. The number of piperidine rings is 1. The summed E-state index contributed by atoms with van der Waals surface area (Å²) in [4.78, 5) is 24.2. The summed E-state index contributed by atoms with van der Waals surface area (Å²) in [5.74, 6) is 2.15. The molecule has 3 fully saturated rings. The molecule has 2 aliphatic heterocycles. The van der Waals surface area contributed by atoms with Crippen LogP contribution in [0.4, 0.5) is 0 Å². The molecule has 0 N–H and O–H groups in total. The lowest BCUT2D eigenvalue weighted by Gasteiger charge is -2.42. The predicted molar refractivity (Wildman–Crippen MR) is 177 cm³/mol. The molecule has 1 amide bonds. The van der Waals surface area contributed by atoms with E-state index in [4.69, 9.17) is 14.5 Å². The molecule has 6 rings (SSSR count). The molecule has 0 unspecified atom stereocenters. The van der Waals surface area contributed by atoms with E-state index in [9.17, 15) is 4.79 Å². The quantitative estimate of drug-likeness (QED) is 0.309. The second-order valence-corrected chi connectivity index (χ2v) is 12.8. The van der Waals surface area contributed by atoms with Crippen LogP contribution in [0.25, 0.3) is 0 Å². The zero-order valence-electron chi connectivity index (χ0n) is 26.4. The highest BCUT2D eigenvalue weighted by atomic mass is 35.5. The lowest BCUT2D eigenvalue weighted by Crippen LogP contribution is -2.48. The summed E-state index contributed by atoms with van der Waals surface area (Å²) in [6.07, 6.45) is 13.2. The number of benzene rings is 2. The minimum atomic E-state index is 0. The van der Waals surface area contributed by atoms with Gasteiger partial charge in [0.05, 0.1) is 25.0 Å². The van der Waals surface area contributed by atoms with Gasteiger partial charge in [0, 0.05) is 41.2 Å². The lowest BCUT2D eigenvalue weighted by molar-refractivity contribution is 0.0448. The Morgan fingerprint density at radius 1 is 0.860 bits per heavy atom. The zero-order chi connectivity index (χ0) is 29.1. The molecule has 4 aliphatic rings. The van der Waals surface area contributed by atoms with Crippen LogP contribution < -0.4 is 9.47 Å². The van der Waals surface area contributed by atoms with Crippen molar-refractivity contribution in [3.63, 3.8) is 0 Å². The van der Waals surface area contributed by atoms with Gasteiger partial charge in [0.1, 0.15) is 0 Å². The van der Waals surface area contributed by atoms with Crippen molar-refractivity contribution in [3.05, 3.63) is 58.7 Å². The van der Waals surface area contributed by atoms with E-state index in [0.717, 1.165) is 79.1 Å². The Bertz CT molecular complexity index is 1250. The highest BCUT2D eigenvalue weighted by molar-refractivity contribution is 6.15. The van der Waals surface area contributed by atoms with Crippen LogP contribution in [0.1, 0.15) is 117 Å². The van der Waals surface area contributed by atoms with Gasteiger partial charge in [-0.2, -0.15) is 0 Å². The topological polar surface area (TPSA) is 54.4 Å². The number of hydrogen-bond donors (Lipinski definition) is 0. The number of hydrogen-bond acceptors (Lipinski definition) is 5. The molecule has 0 spiro atoms. The number of aliphatic imine (C=N–C) groups is 1. The molecule has 6 nitrogen and oxygen atoms in total. The van der Waals surface area contributed by atoms with Crippen molar-refractivity contribution >= 4 is 24.0 Å². The van der Waals surface area contributed by atoms with Gasteiger partial charge in [-0.05, 0) is 89.4 Å². The van der Waals surface area contributed by atoms with E-state index in [2.05, 4.69) is 53.2 Å². The van der Waals surface area contributed by atoms with Crippen LogP contribution in [0.2, 0.25) is 0 Å². The first-order valence-electron chi connectivity index (χ1n) is 16.7. The summed E-state index contributed by atoms with van der Waals surface area (Å²) in [6, 6.07) is 13.7. The molecule has 0 radical (unpaired) electrons. The second kappa shape index (κ2) is 14.5. The van der Waals surface area contributed by atoms with Crippen molar-refractivity contribution in [2.75, 3.05) is 33.4 Å². The number of rotatable bonds is 8. The first-order chi connectivity index (χ1) is 20.6. The molecule has 234 valence electrons. The molecule has 2 atom stereocenters. The van der Waals surface area contributed by atoms with E-state index in [-0.39, 0.29) is 24.4 Å². The summed E-state index contributed by atoms with van der Waals surface area (Å²) in [6.45, 7) is 7.24. The molecular formula is C36H50ClN3O3. The van der Waals surface area contributed by atoms with Gasteiger partial charge in [-0.25, -0.2) is 0 Å². The number of carbonyl (C=O) groups is 1. The zero-order valence-corrected chi connectivity index (χ0v) is 27.2. The van der Waals surface area contributed by atoms with E-state index < -0.39 is 0 Å². The Labute approximate surface area is 264 Å². The number of halogens is 1. The molecule has 2 saturated carbocycles. The van der Waals surface area contributed by atoms with Crippen molar-refractivity contribution in [2.24, 2.45) is 4.99 Å². The van der Waals surface area contributed by atoms with E-state index in [1.54, 1.807) is 0 Å². The summed E-state index contributed by atoms with van der Waals surface area (Å²) in [7, 11) is 2.20. The van der Waals surface area contributed by atoms with Crippen molar-refractivity contribution in [1.82, 2.24) is 9.80 Å². The van der Waals surface area contributed by atoms with E-state index in [1.807, 2.05) is 13.8 Å². The molecular weight excluding hydrogens is 558 g/mol. The Morgan fingerprint density at radius 3 is 2.02 bits per heavy atom. The number of fused-ring (bicyclic) bond motifs is 3. The fourth-order valence-corrected chi connectivity index (χ4v) is 7.92. The molecule has 2 aromatic carbocycles. The van der Waals surface area contributed by atoms with Crippen LogP contribution in [-0.2, 0) is 0 Å². The minimum Gasteiger partial charge on any atom is -0.490 e. The van der Waals surface area contributed by atoms with E-state index >= 15 is 0 Å². The summed E-state index contributed by atoms with van der Waals surface area (Å²) >= 11 is 0. The van der Waals surface area contributed by atoms with Crippen LogP contribution in [-0.4, -0.2) is 72.9 Å². The third-order valence-corrected chi connectivity index (χ3v) is 10.0. The number of carbonyl (C=O) groups excluding carboxylic acids is 1. The summed E-state index contributed by atoms with van der Waals surface area (Å²) < 4.78 is 12.1. The summed E-state index contributed by atoms with van der Waals surface area (Å²) in [5, 5.41) is 0. The number of ether oxygens (including phenoxy) is 2. The second-order valence-electron chi connectivity index (χ2n) is 12.8. The Kier molecular flexibility index (Phi) is 10.7. The SMILES string of the molecule is CCOc1cc2c(cc1OCC)[C@@H]1CN(C)CC[C@@H]1N=C2c1ccc(C(=O)N(C2CCCCC2)C2CCCCC2)cc1.Cl. The maximum atomic E-state index is 14.1. The van der Waals surface area contributed by atoms with Gasteiger partial charge in [0.15, 0.2) is 11.5 Å². The highest BCUT2D eigenvalue weighted by Crippen LogP contribution is 2.42. The molecule has 2 heterocycles. The molecule has 7 heteroatoms. The van der Waals surface area contributed by atoms with Gasteiger partial charge in [0.2, 0.25) is 0 Å². The predicted octanol–water partition coefficient (Wildman–Crippen LogP) is 7.65. The van der Waals surface area contributed by atoms with Gasteiger partial charge in [-0.15, -0.1) is 12.4 Å². The highest BCUT2D eigenvalue weighted by Gasteiger charge is 2.37. The van der Waals surface area contributed by atoms with Gasteiger partial charge in [-0.3, -0.25) is 9.79 Å². The van der Waals surface area contributed by atoms with Crippen LogP contribution in [0, 0.1) is 0 Å². The van der Waals surface area contributed by atoms with Gasteiger partial charge in [-0.1, -0.05) is 50.7 Å². The number of likely N-dealkylation sites (tertiary alicyclic amines) is 1. The van der Waals surface area contributed by atoms with Gasteiger partial charge >= 0.3 is 0 Å². The third-order valence-electron chi connectivity index (χ3n) is 10.0. The lowest BCUT2D eigenvalue weighted by atomic mass is 9.79. The molecule has 2 aliphatic carbocycles. The fourth-order valence-electron chi connectivity index (χ4n) is 7.92. The molecule has 2 aromatic rings. The standard InChI is InChI=1S/C36H49N3O3.ClH/c1-4-41-33-22-29-30(23-34(33)42-5-2)35(37-32-20-21-38(3)24-31(29)32)25-16-18-26(19-17-25)36(40)39(27-12-8-6-9-13-27)28-14-10-7-11-15-28;/h16-19,22-23,27-28,31-32H,4-15,20-21,24H2,1-3H3;1H/t31-,32-;/m0./s1. The third kappa shape index (κ3) is 6.76.